The van der Waals surface area contributed by atoms with Gasteiger partial charge in [-0.05, 0) is 42.9 Å². The van der Waals surface area contributed by atoms with E-state index in [4.69, 9.17) is 0 Å². The van der Waals surface area contributed by atoms with Gasteiger partial charge < -0.3 is 5.11 Å². The van der Waals surface area contributed by atoms with Gasteiger partial charge in [0.2, 0.25) is 0 Å². The Morgan fingerprint density at radius 3 is 2.43 bits per heavy atom. The van der Waals surface area contributed by atoms with Crippen LogP contribution in [-0.2, 0) is 5.60 Å². The Hall–Kier alpha value is 0.290. The third kappa shape index (κ3) is 3.46. The van der Waals surface area contributed by atoms with Gasteiger partial charge in [0.15, 0.2) is 0 Å². The maximum atomic E-state index is 15.1. The van der Waals surface area contributed by atoms with E-state index in [0.717, 1.165) is 40.8 Å². The summed E-state index contributed by atoms with van der Waals surface area (Å²) < 4.78 is 16.1. The number of rotatable bonds is 2. The second kappa shape index (κ2) is 6.81. The maximum Gasteiger partial charge on any atom is 0.134 e. The second-order valence-corrected chi connectivity index (χ2v) is 9.52. The molecule has 1 saturated carbocycles. The third-order valence-electron chi connectivity index (χ3n) is 4.33. The number of aliphatic hydroxyl groups is 1. The van der Waals surface area contributed by atoms with Crippen molar-refractivity contribution in [2.24, 2.45) is 0 Å². The summed E-state index contributed by atoms with van der Waals surface area (Å²) in [5, 5.41) is 10.9. The highest BCUT2D eigenvalue weighted by molar-refractivity contribution is 9.10. The van der Waals surface area contributed by atoms with Crippen LogP contribution in [0.15, 0.2) is 16.6 Å². The van der Waals surface area contributed by atoms with Crippen molar-refractivity contribution in [2.45, 2.75) is 48.7 Å². The lowest BCUT2D eigenvalue weighted by atomic mass is 9.79. The molecule has 2 aliphatic rings. The average Bonchev–Trinajstić information content (AvgIpc) is 2.51. The Kier molecular flexibility index (Phi) is 5.24. The highest BCUT2D eigenvalue weighted by atomic mass is 79.9. The number of halogens is 2. The summed E-state index contributed by atoms with van der Waals surface area (Å²) >= 11 is 7.14. The lowest BCUT2D eigenvalue weighted by molar-refractivity contribution is -0.00390. The van der Waals surface area contributed by atoms with E-state index in [1.54, 1.807) is 6.07 Å². The summed E-state index contributed by atoms with van der Waals surface area (Å²) in [5.41, 5.74) is 0.261. The molecule has 0 aromatic heterocycles. The molecule has 1 saturated heterocycles. The molecule has 116 valence electrons. The lowest BCUT2D eigenvalue weighted by Gasteiger charge is -2.34. The Morgan fingerprint density at radius 2 is 1.76 bits per heavy atom. The van der Waals surface area contributed by atoms with Crippen LogP contribution in [-0.4, -0.2) is 16.6 Å². The Balaban J connectivity index is 1.98. The third-order valence-corrected chi connectivity index (χ3v) is 7.77. The highest BCUT2D eigenvalue weighted by Gasteiger charge is 2.36. The number of thioether (sulfide) groups is 2. The fourth-order valence-electron chi connectivity index (χ4n) is 3.19. The number of benzene rings is 1. The van der Waals surface area contributed by atoms with Gasteiger partial charge in [0.05, 0.1) is 10.2 Å². The van der Waals surface area contributed by atoms with Crippen LogP contribution in [0.25, 0.3) is 0 Å². The molecule has 1 aliphatic heterocycles. The molecule has 0 spiro atoms. The molecule has 1 heterocycles. The molecule has 21 heavy (non-hydrogen) atoms. The molecule has 0 unspecified atom stereocenters. The van der Waals surface area contributed by atoms with Crippen LogP contribution in [0.4, 0.5) is 4.39 Å². The maximum absolute atomic E-state index is 15.1. The summed E-state index contributed by atoms with van der Waals surface area (Å²) in [6.07, 6.45) is 5.63. The molecule has 1 aliphatic carbocycles. The summed E-state index contributed by atoms with van der Waals surface area (Å²) in [7, 11) is 0. The molecular formula is C16H20BrFOS2. The van der Waals surface area contributed by atoms with Crippen molar-refractivity contribution in [3.8, 4) is 0 Å². The lowest BCUT2D eigenvalue weighted by Crippen LogP contribution is -2.30. The zero-order valence-corrected chi connectivity index (χ0v) is 15.1. The van der Waals surface area contributed by atoms with Crippen molar-refractivity contribution in [3.63, 3.8) is 0 Å². The molecule has 2 fully saturated rings. The average molecular weight is 391 g/mol. The number of hydrogen-bond acceptors (Lipinski definition) is 3. The smallest absolute Gasteiger partial charge is 0.134 e. The van der Waals surface area contributed by atoms with Crippen LogP contribution in [0.2, 0.25) is 0 Å². The normalized spacial score (nSPS) is 23.2. The largest absolute Gasteiger partial charge is 0.385 e. The van der Waals surface area contributed by atoms with Crippen molar-refractivity contribution in [1.82, 2.24) is 0 Å². The standard InChI is InChI=1S/C16H20BrFOS2/c17-11-9-12(15-20-7-4-8-21-15)14(18)13(10-11)16(19)5-2-1-3-6-16/h9-10,15,19H,1-8H2. The first-order chi connectivity index (χ1) is 10.1. The minimum Gasteiger partial charge on any atom is -0.385 e. The molecular weight excluding hydrogens is 371 g/mol. The first kappa shape index (κ1) is 16.2. The van der Waals surface area contributed by atoms with Crippen molar-refractivity contribution in [1.29, 1.82) is 0 Å². The van der Waals surface area contributed by atoms with Crippen LogP contribution < -0.4 is 0 Å². The van der Waals surface area contributed by atoms with E-state index in [2.05, 4.69) is 15.9 Å². The highest BCUT2D eigenvalue weighted by Crippen LogP contribution is 2.48. The minimum atomic E-state index is -0.981. The van der Waals surface area contributed by atoms with E-state index >= 15 is 4.39 Å². The van der Waals surface area contributed by atoms with Crippen molar-refractivity contribution < 1.29 is 9.50 Å². The molecule has 1 aromatic carbocycles. The topological polar surface area (TPSA) is 20.2 Å². The summed E-state index contributed by atoms with van der Waals surface area (Å²) in [4.78, 5) is 0. The van der Waals surface area contributed by atoms with Gasteiger partial charge in [0, 0.05) is 15.6 Å². The van der Waals surface area contributed by atoms with Crippen LogP contribution in [0.3, 0.4) is 0 Å². The molecule has 3 rings (SSSR count). The summed E-state index contributed by atoms with van der Waals surface area (Å²) in [5.74, 6) is 1.99. The van der Waals surface area contributed by atoms with E-state index in [1.807, 2.05) is 29.6 Å². The molecule has 1 aromatic rings. The predicted molar refractivity (Wildman–Crippen MR) is 93.4 cm³/mol. The molecule has 0 atom stereocenters. The van der Waals surface area contributed by atoms with E-state index < -0.39 is 5.60 Å². The van der Waals surface area contributed by atoms with Crippen molar-refractivity contribution in [3.05, 3.63) is 33.5 Å². The first-order valence-corrected chi connectivity index (χ1v) is 10.4. The van der Waals surface area contributed by atoms with Crippen molar-refractivity contribution in [2.75, 3.05) is 11.5 Å². The summed E-state index contributed by atoms with van der Waals surface area (Å²) in [6.45, 7) is 0. The fourth-order valence-corrected chi connectivity index (χ4v) is 6.57. The van der Waals surface area contributed by atoms with Gasteiger partial charge in [-0.3, -0.25) is 0 Å². The van der Waals surface area contributed by atoms with Crippen LogP contribution in [0.1, 0.15) is 54.2 Å². The van der Waals surface area contributed by atoms with Crippen LogP contribution in [0.5, 0.6) is 0 Å². The van der Waals surface area contributed by atoms with E-state index in [-0.39, 0.29) is 10.4 Å². The number of hydrogen-bond donors (Lipinski definition) is 1. The monoisotopic (exact) mass is 390 g/mol. The van der Waals surface area contributed by atoms with Gasteiger partial charge in [-0.15, -0.1) is 23.5 Å². The first-order valence-electron chi connectivity index (χ1n) is 7.55. The van der Waals surface area contributed by atoms with E-state index in [1.165, 1.54) is 6.42 Å². The van der Waals surface area contributed by atoms with Crippen molar-refractivity contribution >= 4 is 39.5 Å². The van der Waals surface area contributed by atoms with Gasteiger partial charge in [0.1, 0.15) is 5.82 Å². The Bertz CT molecular complexity index is 511. The molecule has 5 heteroatoms. The van der Waals surface area contributed by atoms with Gasteiger partial charge in [-0.2, -0.15) is 0 Å². The van der Waals surface area contributed by atoms with Gasteiger partial charge >= 0.3 is 0 Å². The van der Waals surface area contributed by atoms with E-state index in [9.17, 15) is 5.11 Å². The Morgan fingerprint density at radius 1 is 1.10 bits per heavy atom. The summed E-state index contributed by atoms with van der Waals surface area (Å²) in [6, 6.07) is 3.67. The fraction of sp³-hybridized carbons (Fsp3) is 0.625. The minimum absolute atomic E-state index is 0.155. The zero-order chi connectivity index (χ0) is 14.9. The Labute approximate surface area is 142 Å². The second-order valence-electron chi connectivity index (χ2n) is 5.88. The zero-order valence-electron chi connectivity index (χ0n) is 11.9. The predicted octanol–water partition coefficient (Wildman–Crippen LogP) is 5.61. The molecule has 0 bridgehead atoms. The molecule has 1 N–H and O–H groups in total. The van der Waals surface area contributed by atoms with Gasteiger partial charge in [-0.25, -0.2) is 4.39 Å². The van der Waals surface area contributed by atoms with Gasteiger partial charge in [-0.1, -0.05) is 35.2 Å². The molecule has 0 amide bonds. The van der Waals surface area contributed by atoms with Crippen LogP contribution >= 0.6 is 39.5 Å². The SMILES string of the molecule is OC1(c2cc(Br)cc(C3SCCCS3)c2F)CCCCC1. The van der Waals surface area contributed by atoms with Gasteiger partial charge in [0.25, 0.3) is 0 Å². The molecule has 1 nitrogen and oxygen atoms in total. The van der Waals surface area contributed by atoms with E-state index in [0.29, 0.717) is 18.4 Å². The quantitative estimate of drug-likeness (QED) is 0.708. The molecule has 0 radical (unpaired) electrons. The van der Waals surface area contributed by atoms with Crippen LogP contribution in [0, 0.1) is 5.82 Å².